The van der Waals surface area contributed by atoms with Gasteiger partial charge in [0.15, 0.2) is 6.17 Å². The third-order valence-electron chi connectivity index (χ3n) is 6.67. The normalized spacial score (nSPS) is 15.2. The molecule has 6 N–H and O–H groups in total. The molecule has 1 aliphatic heterocycles. The number of thiazole rings is 1. The van der Waals surface area contributed by atoms with E-state index in [0.717, 1.165) is 40.6 Å². The number of halogens is 2. The lowest BCUT2D eigenvalue weighted by Gasteiger charge is -2.34. The van der Waals surface area contributed by atoms with Crippen molar-refractivity contribution in [2.24, 2.45) is 0 Å². The highest BCUT2D eigenvalue weighted by molar-refractivity contribution is 8.03. The zero-order valence-corrected chi connectivity index (χ0v) is 24.7. The minimum absolute atomic E-state index is 0.0180. The highest BCUT2D eigenvalue weighted by Crippen LogP contribution is 2.48. The molecule has 0 spiro atoms. The number of hydrogen-bond acceptors (Lipinski definition) is 7. The van der Waals surface area contributed by atoms with Crippen LogP contribution in [0.15, 0.2) is 59.0 Å². The molecule has 3 aromatic rings. The Morgan fingerprint density at radius 2 is 1.56 bits per heavy atom. The second kappa shape index (κ2) is 14.3. The Balaban J connectivity index is 1.86. The van der Waals surface area contributed by atoms with Crippen LogP contribution in [0.3, 0.4) is 0 Å². The summed E-state index contributed by atoms with van der Waals surface area (Å²) in [5, 5.41) is 42.0. The Labute approximate surface area is 246 Å². The molecule has 0 saturated carbocycles. The van der Waals surface area contributed by atoms with Crippen LogP contribution in [0.25, 0.3) is 16.3 Å². The van der Waals surface area contributed by atoms with Crippen LogP contribution >= 0.6 is 46.3 Å². The Bertz CT molecular complexity index is 1310. The van der Waals surface area contributed by atoms with E-state index in [4.69, 9.17) is 23.2 Å². The van der Waals surface area contributed by atoms with Gasteiger partial charge in [-0.05, 0) is 36.4 Å². The zero-order chi connectivity index (χ0) is 27.9. The molecule has 8 nitrogen and oxygen atoms in total. The Hall–Kier alpha value is -1.70. The predicted octanol–water partition coefficient (Wildman–Crippen LogP) is 0.615. The van der Waals surface area contributed by atoms with E-state index >= 15 is 0 Å². The molecule has 0 bridgehead atoms. The summed E-state index contributed by atoms with van der Waals surface area (Å²) in [6.07, 6.45) is 3.72. The van der Waals surface area contributed by atoms with Gasteiger partial charge < -0.3 is 25.3 Å². The number of hydrogen-bond donors (Lipinski definition) is 6. The molecule has 210 valence electrons. The summed E-state index contributed by atoms with van der Waals surface area (Å²) < 4.78 is 3.25. The van der Waals surface area contributed by atoms with E-state index in [2.05, 4.69) is 22.1 Å². The minimum Gasteiger partial charge on any atom is -0.391 e. The average Bonchev–Trinajstić information content (AvgIpc) is 3.42. The van der Waals surface area contributed by atoms with Crippen molar-refractivity contribution in [1.82, 2.24) is 0 Å². The van der Waals surface area contributed by atoms with E-state index in [-0.39, 0.29) is 32.6 Å². The van der Waals surface area contributed by atoms with Crippen molar-refractivity contribution < 1.29 is 34.8 Å². The second-order valence-electron chi connectivity index (χ2n) is 9.19. The molecule has 1 aliphatic rings. The Morgan fingerprint density at radius 1 is 0.923 bits per heavy atom. The number of aliphatic hydroxyl groups is 4. The molecule has 0 radical (unpaired) electrons. The van der Waals surface area contributed by atoms with Crippen molar-refractivity contribution in [2.75, 3.05) is 57.5 Å². The quantitative estimate of drug-likeness (QED) is 0.118. The molecule has 1 atom stereocenters. The number of thioether (sulfide) groups is 1. The molecule has 0 aliphatic carbocycles. The fraction of sp³-hybridized carbons (Fsp3) is 0.370. The smallest absolute Gasteiger partial charge is 0.276 e. The van der Waals surface area contributed by atoms with Gasteiger partial charge in [0, 0.05) is 21.0 Å². The number of quaternary nitrogens is 2. The number of aliphatic hydroxyl groups excluding tert-OH is 4. The maximum absolute atomic E-state index is 9.76. The lowest BCUT2D eigenvalue weighted by molar-refractivity contribution is -1.03. The number of nitrogens with zero attached hydrogens (tertiary/aromatic N) is 2. The SMILES string of the molecule is C=CC(N1C(=Cc2sc3ccc(Cl)cc3[n+]2C[NH+](CCO)CCO)Sc2ccc(Cl)cc21)[NH+](CCO)CCO. The summed E-state index contributed by atoms with van der Waals surface area (Å²) in [6.45, 7) is 6.55. The number of rotatable bonds is 14. The Morgan fingerprint density at radius 3 is 2.21 bits per heavy atom. The molecule has 12 heteroatoms. The van der Waals surface area contributed by atoms with Crippen molar-refractivity contribution in [1.29, 1.82) is 0 Å². The molecule has 0 saturated heterocycles. The monoisotopic (exact) mass is 613 g/mol. The number of nitrogens with one attached hydrogen (secondary N) is 2. The van der Waals surface area contributed by atoms with E-state index in [0.29, 0.717) is 42.9 Å². The fourth-order valence-electron chi connectivity index (χ4n) is 4.87. The number of benzene rings is 2. The lowest BCUT2D eigenvalue weighted by atomic mass is 10.2. The molecule has 0 fully saturated rings. The summed E-state index contributed by atoms with van der Waals surface area (Å²) in [5.74, 6) is 0. The topological polar surface area (TPSA) is 96.9 Å². The first-order valence-electron chi connectivity index (χ1n) is 12.8. The fourth-order valence-corrected chi connectivity index (χ4v) is 7.46. The first-order valence-corrected chi connectivity index (χ1v) is 15.2. The van der Waals surface area contributed by atoms with Crippen molar-refractivity contribution in [3.63, 3.8) is 0 Å². The van der Waals surface area contributed by atoms with Crippen LogP contribution in [0.1, 0.15) is 5.01 Å². The number of anilines is 1. The molecular formula is C27H35Cl2N4O4S2+3. The van der Waals surface area contributed by atoms with Crippen molar-refractivity contribution in [2.45, 2.75) is 17.7 Å². The van der Waals surface area contributed by atoms with Gasteiger partial charge >= 0.3 is 0 Å². The average molecular weight is 615 g/mol. The predicted molar refractivity (Wildman–Crippen MR) is 159 cm³/mol. The van der Waals surface area contributed by atoms with Crippen LogP contribution in [0.5, 0.6) is 0 Å². The van der Waals surface area contributed by atoms with Gasteiger partial charge in [0.1, 0.15) is 30.9 Å². The van der Waals surface area contributed by atoms with E-state index in [1.54, 1.807) is 23.1 Å². The summed E-state index contributed by atoms with van der Waals surface area (Å²) in [6, 6.07) is 11.6. The molecule has 2 heterocycles. The van der Waals surface area contributed by atoms with Gasteiger partial charge in [0.25, 0.3) is 11.7 Å². The first-order chi connectivity index (χ1) is 18.9. The second-order valence-corrected chi connectivity index (χ2v) is 12.2. The van der Waals surface area contributed by atoms with Gasteiger partial charge in [-0.1, -0.05) is 52.9 Å². The summed E-state index contributed by atoms with van der Waals surface area (Å²) in [5.41, 5.74) is 1.93. The molecular weight excluding hydrogens is 579 g/mol. The third-order valence-corrected chi connectivity index (χ3v) is 9.34. The molecule has 1 unspecified atom stereocenters. The van der Waals surface area contributed by atoms with Crippen LogP contribution in [-0.2, 0) is 6.67 Å². The number of fused-ring (bicyclic) bond motifs is 2. The molecule has 4 rings (SSSR count). The van der Waals surface area contributed by atoms with Gasteiger partial charge in [0.05, 0.1) is 43.2 Å². The lowest BCUT2D eigenvalue weighted by Crippen LogP contribution is -3.18. The third kappa shape index (κ3) is 6.97. The number of aromatic nitrogens is 1. The van der Waals surface area contributed by atoms with E-state index in [9.17, 15) is 20.4 Å². The standard InChI is InChI=1S/C27H33Cl2N4O4S2/c1-2-25(31(9-13-36)10-14-37)33-22-16-20(29)4-6-24(22)39-27(33)17-26-32(18-30(7-11-34)8-12-35)21-15-19(28)3-5-23(21)38-26/h2-6,15-17,25,34-37H,1,7-14,18H2/q+1/p+2. The summed E-state index contributed by atoms with van der Waals surface area (Å²) in [4.78, 5) is 5.24. The van der Waals surface area contributed by atoms with Crippen molar-refractivity contribution in [3.05, 3.63) is 69.1 Å². The van der Waals surface area contributed by atoms with Gasteiger partial charge in [-0.2, -0.15) is 0 Å². The first kappa shape index (κ1) is 30.3. The van der Waals surface area contributed by atoms with Crippen molar-refractivity contribution in [3.8, 4) is 0 Å². The van der Waals surface area contributed by atoms with Gasteiger partial charge in [0.2, 0.25) is 5.52 Å². The van der Waals surface area contributed by atoms with Crippen LogP contribution in [0, 0.1) is 0 Å². The van der Waals surface area contributed by atoms with Crippen LogP contribution in [0.2, 0.25) is 10.0 Å². The van der Waals surface area contributed by atoms with E-state index in [1.165, 1.54) is 0 Å². The maximum atomic E-state index is 9.76. The van der Waals surface area contributed by atoms with Crippen LogP contribution < -0.4 is 19.3 Å². The van der Waals surface area contributed by atoms with E-state index in [1.807, 2.05) is 42.5 Å². The minimum atomic E-state index is -0.258. The molecule has 1 aromatic heterocycles. The van der Waals surface area contributed by atoms with Gasteiger partial charge in [-0.25, -0.2) is 0 Å². The van der Waals surface area contributed by atoms with Crippen LogP contribution in [-0.4, -0.2) is 79.2 Å². The van der Waals surface area contributed by atoms with Gasteiger partial charge in [-0.3, -0.25) is 9.80 Å². The molecule has 2 aromatic carbocycles. The highest BCUT2D eigenvalue weighted by Gasteiger charge is 2.37. The maximum Gasteiger partial charge on any atom is 0.276 e. The van der Waals surface area contributed by atoms with Crippen LogP contribution in [0.4, 0.5) is 5.69 Å². The molecule has 39 heavy (non-hydrogen) atoms. The van der Waals surface area contributed by atoms with Crippen molar-refractivity contribution >= 4 is 68.3 Å². The molecule has 0 amide bonds. The van der Waals surface area contributed by atoms with E-state index < -0.39 is 0 Å². The van der Waals surface area contributed by atoms with Gasteiger partial charge in [-0.15, -0.1) is 4.57 Å². The highest BCUT2D eigenvalue weighted by atomic mass is 35.5. The largest absolute Gasteiger partial charge is 0.391 e. The zero-order valence-electron chi connectivity index (χ0n) is 21.5. The summed E-state index contributed by atoms with van der Waals surface area (Å²) >= 11 is 16.1. The summed E-state index contributed by atoms with van der Waals surface area (Å²) in [7, 11) is 0. The Kier molecular flexibility index (Phi) is 11.1.